The van der Waals surface area contributed by atoms with Crippen LogP contribution in [0.3, 0.4) is 0 Å². The van der Waals surface area contributed by atoms with Crippen LogP contribution in [0.15, 0.2) is 52.3 Å². The molecule has 0 atom stereocenters. The van der Waals surface area contributed by atoms with Crippen molar-refractivity contribution >= 4 is 38.3 Å². The Kier molecular flexibility index (Phi) is 5.90. The molecule has 0 saturated heterocycles. The molecule has 0 unspecified atom stereocenters. The second kappa shape index (κ2) is 8.33. The van der Waals surface area contributed by atoms with E-state index in [-0.39, 0.29) is 12.5 Å². The van der Waals surface area contributed by atoms with E-state index < -0.39 is 0 Å². The molecule has 1 aromatic heterocycles. The number of rotatable bonds is 6. The summed E-state index contributed by atoms with van der Waals surface area (Å²) in [6.45, 7) is 1.90. The van der Waals surface area contributed by atoms with Crippen LogP contribution in [0.5, 0.6) is 11.5 Å². The molecule has 7 heteroatoms. The van der Waals surface area contributed by atoms with Crippen molar-refractivity contribution in [3.05, 3.63) is 57.9 Å². The molecule has 1 amide bonds. The predicted molar refractivity (Wildman–Crippen MR) is 107 cm³/mol. The molecule has 5 nitrogen and oxygen atoms in total. The number of thiazole rings is 1. The molecule has 1 heterocycles. The molecule has 0 radical (unpaired) electrons. The highest BCUT2D eigenvalue weighted by Gasteiger charge is 2.10. The van der Waals surface area contributed by atoms with Crippen molar-refractivity contribution in [2.24, 2.45) is 0 Å². The first-order valence-electron chi connectivity index (χ1n) is 7.84. The number of anilines is 1. The molecule has 3 rings (SSSR count). The van der Waals surface area contributed by atoms with E-state index >= 15 is 0 Å². The number of nitrogens with one attached hydrogen (secondary N) is 1. The summed E-state index contributed by atoms with van der Waals surface area (Å²) < 4.78 is 11.6. The summed E-state index contributed by atoms with van der Waals surface area (Å²) in [5, 5.41) is 5.18. The Morgan fingerprint density at radius 1 is 1.27 bits per heavy atom. The van der Waals surface area contributed by atoms with E-state index in [0.717, 1.165) is 27.0 Å². The number of amides is 1. The normalized spacial score (nSPS) is 10.4. The third-order valence-electron chi connectivity index (χ3n) is 3.56. The van der Waals surface area contributed by atoms with Gasteiger partial charge in [-0.25, -0.2) is 4.98 Å². The number of nitrogens with zero attached hydrogens (tertiary/aromatic N) is 1. The second-order valence-corrected chi connectivity index (χ2v) is 7.25. The number of aryl methyl sites for hydroxylation is 1. The first-order valence-corrected chi connectivity index (χ1v) is 9.51. The molecule has 3 aromatic rings. The highest BCUT2D eigenvalue weighted by molar-refractivity contribution is 9.10. The third kappa shape index (κ3) is 4.62. The van der Waals surface area contributed by atoms with Crippen molar-refractivity contribution in [1.82, 2.24) is 4.98 Å². The van der Waals surface area contributed by atoms with Crippen LogP contribution in [-0.2, 0) is 4.79 Å². The number of carbonyl (C=O) groups is 1. The van der Waals surface area contributed by atoms with Gasteiger partial charge < -0.3 is 9.47 Å². The predicted octanol–water partition coefficient (Wildman–Crippen LogP) is 4.91. The van der Waals surface area contributed by atoms with Crippen LogP contribution in [0.25, 0.3) is 11.3 Å². The number of methoxy groups -OCH3 is 1. The minimum atomic E-state index is -0.260. The van der Waals surface area contributed by atoms with Gasteiger partial charge in [0.15, 0.2) is 11.7 Å². The van der Waals surface area contributed by atoms with Gasteiger partial charge in [0.25, 0.3) is 5.91 Å². The molecule has 26 heavy (non-hydrogen) atoms. The molecule has 0 saturated carbocycles. The van der Waals surface area contributed by atoms with Crippen LogP contribution in [-0.4, -0.2) is 24.6 Å². The highest BCUT2D eigenvalue weighted by atomic mass is 79.9. The van der Waals surface area contributed by atoms with E-state index in [1.54, 1.807) is 7.11 Å². The third-order valence-corrected chi connectivity index (χ3v) is 4.94. The smallest absolute Gasteiger partial charge is 0.264 e. The fourth-order valence-corrected chi connectivity index (χ4v) is 3.61. The molecule has 0 aliphatic rings. The fraction of sp³-hybridized carbons (Fsp3) is 0.158. The van der Waals surface area contributed by atoms with E-state index in [4.69, 9.17) is 9.47 Å². The molecule has 0 spiro atoms. The minimum Gasteiger partial charge on any atom is -0.497 e. The maximum Gasteiger partial charge on any atom is 0.264 e. The lowest BCUT2D eigenvalue weighted by molar-refractivity contribution is -0.118. The Labute approximate surface area is 164 Å². The highest BCUT2D eigenvalue weighted by Crippen LogP contribution is 2.28. The van der Waals surface area contributed by atoms with Crippen molar-refractivity contribution < 1.29 is 14.3 Å². The zero-order chi connectivity index (χ0) is 18.5. The zero-order valence-electron chi connectivity index (χ0n) is 14.3. The lowest BCUT2D eigenvalue weighted by atomic mass is 10.2. The van der Waals surface area contributed by atoms with Crippen molar-refractivity contribution in [2.45, 2.75) is 6.92 Å². The van der Waals surface area contributed by atoms with E-state index in [0.29, 0.717) is 10.9 Å². The summed E-state index contributed by atoms with van der Waals surface area (Å²) in [6.07, 6.45) is 0. The summed E-state index contributed by atoms with van der Waals surface area (Å²) in [6, 6.07) is 13.3. The van der Waals surface area contributed by atoms with Crippen molar-refractivity contribution in [1.29, 1.82) is 0 Å². The minimum absolute atomic E-state index is 0.0876. The van der Waals surface area contributed by atoms with Crippen molar-refractivity contribution in [3.8, 4) is 22.8 Å². The molecule has 0 aliphatic carbocycles. The van der Waals surface area contributed by atoms with Crippen molar-refractivity contribution in [3.63, 3.8) is 0 Å². The quantitative estimate of drug-likeness (QED) is 0.601. The largest absolute Gasteiger partial charge is 0.497 e. The standard InChI is InChI=1S/C19H17BrN2O3S/c1-12-6-7-17(15(20)8-12)25-10-18(23)22-19-21-16(11-26-19)13-4-3-5-14(9-13)24-2/h3-9,11H,10H2,1-2H3,(H,21,22,23). The van der Waals surface area contributed by atoms with Gasteiger partial charge in [-0.2, -0.15) is 0 Å². The van der Waals surface area contributed by atoms with Crippen LogP contribution >= 0.6 is 27.3 Å². The van der Waals surface area contributed by atoms with E-state index in [9.17, 15) is 4.79 Å². The van der Waals surface area contributed by atoms with Gasteiger partial charge in [-0.3, -0.25) is 10.1 Å². The summed E-state index contributed by atoms with van der Waals surface area (Å²) in [5.41, 5.74) is 2.83. The average Bonchev–Trinajstić information content (AvgIpc) is 3.09. The molecule has 2 aromatic carbocycles. The molecule has 1 N–H and O–H groups in total. The molecular weight excluding hydrogens is 416 g/mol. The van der Waals surface area contributed by atoms with Gasteiger partial charge in [0, 0.05) is 10.9 Å². The molecular formula is C19H17BrN2O3S. The van der Waals surface area contributed by atoms with Gasteiger partial charge in [0.05, 0.1) is 17.3 Å². The van der Waals surface area contributed by atoms with E-state index in [1.807, 2.05) is 54.8 Å². The summed E-state index contributed by atoms with van der Waals surface area (Å²) in [5.74, 6) is 1.13. The lowest BCUT2D eigenvalue weighted by Crippen LogP contribution is -2.20. The fourth-order valence-electron chi connectivity index (χ4n) is 2.27. The topological polar surface area (TPSA) is 60.5 Å². The Bertz CT molecular complexity index is 927. The van der Waals surface area contributed by atoms with E-state index in [2.05, 4.69) is 26.2 Å². The first kappa shape index (κ1) is 18.4. The number of ether oxygens (including phenoxy) is 2. The average molecular weight is 433 g/mol. The molecule has 0 fully saturated rings. The summed E-state index contributed by atoms with van der Waals surface area (Å²) >= 11 is 4.79. The van der Waals surface area contributed by atoms with Crippen molar-refractivity contribution in [2.75, 3.05) is 19.0 Å². The van der Waals surface area contributed by atoms with Crippen LogP contribution in [0.2, 0.25) is 0 Å². The van der Waals surface area contributed by atoms with Crippen LogP contribution in [0.4, 0.5) is 5.13 Å². The Morgan fingerprint density at radius 3 is 2.88 bits per heavy atom. The number of benzene rings is 2. The zero-order valence-corrected chi connectivity index (χ0v) is 16.7. The van der Waals surface area contributed by atoms with Crippen LogP contribution in [0, 0.1) is 6.92 Å². The number of aromatic nitrogens is 1. The maximum absolute atomic E-state index is 12.1. The van der Waals surface area contributed by atoms with Gasteiger partial charge in [-0.05, 0) is 52.7 Å². The second-order valence-electron chi connectivity index (χ2n) is 5.54. The number of halogens is 1. The Hall–Kier alpha value is -2.38. The van der Waals surface area contributed by atoms with Gasteiger partial charge in [0.2, 0.25) is 0 Å². The van der Waals surface area contributed by atoms with Gasteiger partial charge in [0.1, 0.15) is 11.5 Å². The van der Waals surface area contributed by atoms with Gasteiger partial charge in [-0.1, -0.05) is 18.2 Å². The van der Waals surface area contributed by atoms with Crippen LogP contribution in [0.1, 0.15) is 5.56 Å². The molecule has 134 valence electrons. The maximum atomic E-state index is 12.1. The van der Waals surface area contributed by atoms with Gasteiger partial charge >= 0.3 is 0 Å². The SMILES string of the molecule is COc1cccc(-c2csc(NC(=O)COc3ccc(C)cc3Br)n2)c1. The summed E-state index contributed by atoms with van der Waals surface area (Å²) in [7, 11) is 1.62. The Balaban J connectivity index is 1.60. The number of carbonyl (C=O) groups excluding carboxylic acids is 1. The molecule has 0 bridgehead atoms. The van der Waals surface area contributed by atoms with E-state index in [1.165, 1.54) is 11.3 Å². The first-order chi connectivity index (χ1) is 12.5. The number of hydrogen-bond acceptors (Lipinski definition) is 5. The Morgan fingerprint density at radius 2 is 2.12 bits per heavy atom. The molecule has 0 aliphatic heterocycles. The lowest BCUT2D eigenvalue weighted by Gasteiger charge is -2.08. The van der Waals surface area contributed by atoms with Crippen LogP contribution < -0.4 is 14.8 Å². The van der Waals surface area contributed by atoms with Gasteiger partial charge in [-0.15, -0.1) is 11.3 Å². The number of hydrogen-bond donors (Lipinski definition) is 1. The monoisotopic (exact) mass is 432 g/mol. The summed E-state index contributed by atoms with van der Waals surface area (Å²) in [4.78, 5) is 16.6.